The molecule has 3 aromatic carbocycles. The fourth-order valence-electron chi connectivity index (χ4n) is 4.81. The van der Waals surface area contributed by atoms with E-state index in [0.29, 0.717) is 12.1 Å². The van der Waals surface area contributed by atoms with E-state index in [1.807, 2.05) is 76.4 Å². The van der Waals surface area contributed by atoms with Crippen LogP contribution in [0.2, 0.25) is 0 Å². The second-order valence-corrected chi connectivity index (χ2v) is 10.6. The summed E-state index contributed by atoms with van der Waals surface area (Å²) in [5, 5.41) is 35.8. The Balaban J connectivity index is 1.41. The lowest BCUT2D eigenvalue weighted by Gasteiger charge is -2.32. The number of rotatable bonds is 7. The van der Waals surface area contributed by atoms with Crippen LogP contribution in [0.15, 0.2) is 66.9 Å². The molecule has 5 N–H and O–H groups in total. The molecule has 0 amide bonds. The Hall–Kier alpha value is -3.46. The van der Waals surface area contributed by atoms with Crippen LogP contribution in [0.3, 0.4) is 0 Å². The highest BCUT2D eigenvalue weighted by molar-refractivity contribution is 6.62. The molecule has 1 fully saturated rings. The quantitative estimate of drug-likeness (QED) is 0.239. The molecule has 7 nitrogen and oxygen atoms in total. The summed E-state index contributed by atoms with van der Waals surface area (Å²) in [6.07, 6.45) is 2.75. The molecule has 1 aliphatic heterocycles. The zero-order valence-electron chi connectivity index (χ0n) is 21.6. The summed E-state index contributed by atoms with van der Waals surface area (Å²) in [4.78, 5) is 3.30. The van der Waals surface area contributed by atoms with Crippen LogP contribution in [-0.2, 0) is 15.7 Å². The molecule has 37 heavy (non-hydrogen) atoms. The normalized spacial score (nSPS) is 17.4. The smallest absolute Gasteiger partial charge is 0.494 e. The molecule has 1 unspecified atom stereocenters. The SMILES string of the molecule is CC1(C)OB(c2ccc(C(NCCc3c[nH]c4ccccc34)c3c(O)cc(O)cc3O)cc2)OC1(C)C. The average Bonchev–Trinajstić information content (AvgIpc) is 3.34. The molecule has 4 aromatic rings. The summed E-state index contributed by atoms with van der Waals surface area (Å²) in [7, 11) is -0.484. The Morgan fingerprint density at radius 3 is 2.16 bits per heavy atom. The molecule has 1 atom stereocenters. The molecule has 0 aliphatic carbocycles. The van der Waals surface area contributed by atoms with Crippen molar-refractivity contribution in [2.24, 2.45) is 0 Å². The Morgan fingerprint density at radius 1 is 0.892 bits per heavy atom. The minimum atomic E-state index is -0.516. The van der Waals surface area contributed by atoms with Gasteiger partial charge in [-0.25, -0.2) is 0 Å². The van der Waals surface area contributed by atoms with Gasteiger partial charge in [-0.2, -0.15) is 0 Å². The zero-order valence-corrected chi connectivity index (χ0v) is 21.6. The zero-order chi connectivity index (χ0) is 26.4. The number of aromatic hydroxyl groups is 3. The monoisotopic (exact) mass is 500 g/mol. The van der Waals surface area contributed by atoms with Crippen LogP contribution < -0.4 is 10.8 Å². The number of hydrogen-bond donors (Lipinski definition) is 5. The van der Waals surface area contributed by atoms with Gasteiger partial charge >= 0.3 is 7.12 Å². The van der Waals surface area contributed by atoms with Crippen molar-refractivity contribution in [1.29, 1.82) is 0 Å². The van der Waals surface area contributed by atoms with Crippen molar-refractivity contribution >= 4 is 23.5 Å². The summed E-state index contributed by atoms with van der Waals surface area (Å²) in [5.74, 6) is -0.568. The van der Waals surface area contributed by atoms with Crippen molar-refractivity contribution in [3.05, 3.63) is 83.6 Å². The second-order valence-electron chi connectivity index (χ2n) is 10.6. The van der Waals surface area contributed by atoms with Gasteiger partial charge in [-0.15, -0.1) is 0 Å². The molecule has 192 valence electrons. The maximum absolute atomic E-state index is 10.7. The van der Waals surface area contributed by atoms with Crippen molar-refractivity contribution in [2.45, 2.75) is 51.4 Å². The van der Waals surface area contributed by atoms with Crippen molar-refractivity contribution in [1.82, 2.24) is 10.3 Å². The average molecular weight is 500 g/mol. The fourth-order valence-corrected chi connectivity index (χ4v) is 4.81. The first-order valence-electron chi connectivity index (χ1n) is 12.5. The number of fused-ring (bicyclic) bond motifs is 1. The summed E-state index contributed by atoms with van der Waals surface area (Å²) in [6.45, 7) is 8.67. The van der Waals surface area contributed by atoms with Gasteiger partial charge < -0.3 is 34.9 Å². The third-order valence-electron chi connectivity index (χ3n) is 7.62. The van der Waals surface area contributed by atoms with E-state index in [-0.39, 0.29) is 17.2 Å². The van der Waals surface area contributed by atoms with Crippen LogP contribution >= 0.6 is 0 Å². The van der Waals surface area contributed by atoms with Crippen LogP contribution in [0.25, 0.3) is 10.9 Å². The van der Waals surface area contributed by atoms with Crippen molar-refractivity contribution in [3.8, 4) is 17.2 Å². The molecule has 2 heterocycles. The summed E-state index contributed by atoms with van der Waals surface area (Å²) in [6, 6.07) is 17.9. The molecular formula is C29H33BN2O5. The number of nitrogens with one attached hydrogen (secondary N) is 2. The minimum absolute atomic E-state index is 0.183. The van der Waals surface area contributed by atoms with Gasteiger partial charge in [-0.3, -0.25) is 0 Å². The summed E-state index contributed by atoms with van der Waals surface area (Å²) < 4.78 is 12.4. The first-order valence-corrected chi connectivity index (χ1v) is 12.5. The molecule has 1 aromatic heterocycles. The Bertz CT molecular complexity index is 1370. The maximum Gasteiger partial charge on any atom is 0.494 e. The van der Waals surface area contributed by atoms with Crippen molar-refractivity contribution in [2.75, 3.05) is 6.54 Å². The number of aromatic amines is 1. The molecule has 8 heteroatoms. The van der Waals surface area contributed by atoms with Gasteiger partial charge in [0.1, 0.15) is 17.2 Å². The lowest BCUT2D eigenvalue weighted by atomic mass is 9.78. The van der Waals surface area contributed by atoms with Crippen molar-refractivity contribution in [3.63, 3.8) is 0 Å². The number of hydrogen-bond acceptors (Lipinski definition) is 6. The summed E-state index contributed by atoms with van der Waals surface area (Å²) in [5.41, 5.74) is 3.42. The fraction of sp³-hybridized carbons (Fsp3) is 0.310. The lowest BCUT2D eigenvalue weighted by Crippen LogP contribution is -2.41. The van der Waals surface area contributed by atoms with E-state index >= 15 is 0 Å². The molecule has 0 saturated carbocycles. The molecule has 0 bridgehead atoms. The first kappa shape index (κ1) is 25.2. The highest BCUT2D eigenvalue weighted by Crippen LogP contribution is 2.40. The minimum Gasteiger partial charge on any atom is -0.508 e. The molecular weight excluding hydrogens is 467 g/mol. The van der Waals surface area contributed by atoms with E-state index in [0.717, 1.165) is 23.0 Å². The number of phenols is 3. The number of aromatic nitrogens is 1. The highest BCUT2D eigenvalue weighted by Gasteiger charge is 2.51. The van der Waals surface area contributed by atoms with Gasteiger partial charge in [0.15, 0.2) is 0 Å². The molecule has 1 aliphatic rings. The predicted molar refractivity (Wildman–Crippen MR) is 145 cm³/mol. The van der Waals surface area contributed by atoms with Gasteiger partial charge in [0, 0.05) is 35.8 Å². The van der Waals surface area contributed by atoms with E-state index in [1.54, 1.807) is 0 Å². The third-order valence-corrected chi connectivity index (χ3v) is 7.62. The van der Waals surface area contributed by atoms with Gasteiger partial charge in [0.25, 0.3) is 0 Å². The van der Waals surface area contributed by atoms with Crippen LogP contribution in [0, 0.1) is 0 Å². The molecule has 0 radical (unpaired) electrons. The van der Waals surface area contributed by atoms with E-state index in [1.165, 1.54) is 23.1 Å². The number of para-hydroxylation sites is 1. The number of phenolic OH excluding ortho intramolecular Hbond substituents is 3. The summed E-state index contributed by atoms with van der Waals surface area (Å²) >= 11 is 0. The van der Waals surface area contributed by atoms with E-state index in [2.05, 4.69) is 16.4 Å². The van der Waals surface area contributed by atoms with Crippen LogP contribution in [0.1, 0.15) is 50.4 Å². The molecule has 5 rings (SSSR count). The van der Waals surface area contributed by atoms with Gasteiger partial charge in [-0.05, 0) is 56.8 Å². The van der Waals surface area contributed by atoms with Crippen LogP contribution in [0.4, 0.5) is 0 Å². The van der Waals surface area contributed by atoms with Gasteiger partial charge in [0.05, 0.1) is 22.8 Å². The van der Waals surface area contributed by atoms with Gasteiger partial charge in [-0.1, -0.05) is 42.5 Å². The first-order chi connectivity index (χ1) is 17.6. The van der Waals surface area contributed by atoms with Crippen LogP contribution in [-0.4, -0.2) is 45.2 Å². The maximum atomic E-state index is 10.7. The van der Waals surface area contributed by atoms with Crippen molar-refractivity contribution < 1.29 is 24.6 Å². The largest absolute Gasteiger partial charge is 0.508 e. The Labute approximate surface area is 217 Å². The lowest BCUT2D eigenvalue weighted by molar-refractivity contribution is 0.00578. The Kier molecular flexibility index (Phi) is 6.44. The van der Waals surface area contributed by atoms with E-state index in [4.69, 9.17) is 9.31 Å². The topological polar surface area (TPSA) is 107 Å². The predicted octanol–water partition coefficient (Wildman–Crippen LogP) is 4.51. The highest BCUT2D eigenvalue weighted by atomic mass is 16.7. The second kappa shape index (κ2) is 9.45. The molecule has 1 saturated heterocycles. The van der Waals surface area contributed by atoms with Gasteiger partial charge in [0.2, 0.25) is 0 Å². The van der Waals surface area contributed by atoms with E-state index in [9.17, 15) is 15.3 Å². The van der Waals surface area contributed by atoms with E-state index < -0.39 is 24.4 Å². The molecule has 0 spiro atoms. The number of benzene rings is 3. The standard InChI is InChI=1S/C29H33BN2O5/c1-28(2)29(3,4)37-30(36-28)20-11-9-18(10-12-20)27(26-24(34)15-21(33)16-25(26)35)31-14-13-19-17-32-23-8-6-5-7-22(19)23/h5-12,15-17,27,31-35H,13-14H2,1-4H3. The third kappa shape index (κ3) is 4.80. The van der Waals surface area contributed by atoms with Crippen LogP contribution in [0.5, 0.6) is 17.2 Å². The number of H-pyrrole nitrogens is 1. The Morgan fingerprint density at radius 2 is 1.51 bits per heavy atom.